The molecule has 1 amide bonds. The summed E-state index contributed by atoms with van der Waals surface area (Å²) in [6.45, 7) is 10.2. The molecule has 0 unspecified atom stereocenters. The van der Waals surface area contributed by atoms with Crippen molar-refractivity contribution in [1.82, 2.24) is 19.8 Å². The number of amides is 1. The second-order valence-corrected chi connectivity index (χ2v) is 9.67. The Hall–Kier alpha value is -3.89. The Morgan fingerprint density at radius 2 is 1.79 bits per heavy atom. The normalized spacial score (nSPS) is 14.1. The number of piperazine rings is 1. The summed E-state index contributed by atoms with van der Waals surface area (Å²) >= 11 is 0. The zero-order valence-corrected chi connectivity index (χ0v) is 23.4. The van der Waals surface area contributed by atoms with Gasteiger partial charge >= 0.3 is 6.09 Å². The fourth-order valence-electron chi connectivity index (χ4n) is 4.43. The second kappa shape index (κ2) is 13.3. The summed E-state index contributed by atoms with van der Waals surface area (Å²) < 4.78 is 16.2. The smallest absolute Gasteiger partial charge is 0.418 e. The molecule has 0 radical (unpaired) electrons. The van der Waals surface area contributed by atoms with Crippen LogP contribution in [0.5, 0.6) is 17.4 Å². The Bertz CT molecular complexity index is 1280. The lowest BCUT2D eigenvalue weighted by Crippen LogP contribution is -2.44. The predicted molar refractivity (Wildman–Crippen MR) is 153 cm³/mol. The fourth-order valence-corrected chi connectivity index (χ4v) is 4.43. The zero-order chi connectivity index (χ0) is 27.8. The van der Waals surface area contributed by atoms with E-state index in [1.54, 1.807) is 31.4 Å². The first-order chi connectivity index (χ1) is 18.9. The third-order valence-electron chi connectivity index (χ3n) is 6.96. The third-order valence-corrected chi connectivity index (χ3v) is 6.96. The average Bonchev–Trinajstić information content (AvgIpc) is 2.93. The molecule has 3 aromatic rings. The molecule has 1 aliphatic heterocycles. The molecule has 0 spiro atoms. The van der Waals surface area contributed by atoms with Crippen molar-refractivity contribution in [3.63, 3.8) is 0 Å². The Morgan fingerprint density at radius 3 is 2.54 bits per heavy atom. The van der Waals surface area contributed by atoms with Gasteiger partial charge in [0.25, 0.3) is 0 Å². The van der Waals surface area contributed by atoms with E-state index in [1.807, 2.05) is 12.1 Å². The SMILES string of the molecule is COc1ccc(NC(=O)Oc2cc(-c3cccc(C)c3C)nc(NCCCN3CCN(C)CC3)n2)c(OC)c1. The van der Waals surface area contributed by atoms with Gasteiger partial charge in [0.15, 0.2) is 0 Å². The van der Waals surface area contributed by atoms with Gasteiger partial charge in [-0.05, 0) is 57.1 Å². The fraction of sp³-hybridized carbons (Fsp3) is 0.414. The van der Waals surface area contributed by atoms with Gasteiger partial charge in [0, 0.05) is 50.4 Å². The van der Waals surface area contributed by atoms with Crippen molar-refractivity contribution in [1.29, 1.82) is 0 Å². The summed E-state index contributed by atoms with van der Waals surface area (Å²) in [6, 6.07) is 12.8. The topological polar surface area (TPSA) is 101 Å². The van der Waals surface area contributed by atoms with Crippen LogP contribution in [-0.2, 0) is 0 Å². The van der Waals surface area contributed by atoms with Crippen molar-refractivity contribution in [3.05, 3.63) is 53.6 Å². The van der Waals surface area contributed by atoms with Gasteiger partial charge in [-0.2, -0.15) is 4.98 Å². The lowest BCUT2D eigenvalue weighted by atomic mass is 10.0. The number of carbonyl (C=O) groups excluding carboxylic acids is 1. The minimum atomic E-state index is -0.690. The summed E-state index contributed by atoms with van der Waals surface area (Å²) in [4.78, 5) is 26.9. The van der Waals surface area contributed by atoms with Crippen molar-refractivity contribution < 1.29 is 19.0 Å². The van der Waals surface area contributed by atoms with Crippen LogP contribution >= 0.6 is 0 Å². The molecule has 2 N–H and O–H groups in total. The van der Waals surface area contributed by atoms with Crippen LogP contribution in [0.4, 0.5) is 16.4 Å². The van der Waals surface area contributed by atoms with E-state index in [0.717, 1.165) is 55.8 Å². The average molecular weight is 535 g/mol. The van der Waals surface area contributed by atoms with E-state index in [9.17, 15) is 4.79 Å². The molecule has 0 bridgehead atoms. The van der Waals surface area contributed by atoms with Crippen molar-refractivity contribution in [2.24, 2.45) is 0 Å². The Labute approximate surface area is 230 Å². The number of aromatic nitrogens is 2. The number of carbonyl (C=O) groups is 1. The highest BCUT2D eigenvalue weighted by atomic mass is 16.6. The lowest BCUT2D eigenvalue weighted by molar-refractivity contribution is 0.154. The number of rotatable bonds is 10. The van der Waals surface area contributed by atoms with Gasteiger partial charge in [-0.3, -0.25) is 5.32 Å². The standard InChI is InChI=1S/C29H38N6O4/c1-20-8-6-9-23(21(20)2)25-19-27(39-29(36)32-24-11-10-22(37-4)18-26(24)38-5)33-28(31-25)30-12-7-13-35-16-14-34(3)15-17-35/h6,8-11,18-19H,7,12-17H2,1-5H3,(H,32,36)(H,30,31,33). The van der Waals surface area contributed by atoms with Crippen LogP contribution in [0.1, 0.15) is 17.5 Å². The van der Waals surface area contributed by atoms with E-state index < -0.39 is 6.09 Å². The first kappa shape index (κ1) is 28.1. The number of methoxy groups -OCH3 is 2. The number of hydrogen-bond donors (Lipinski definition) is 2. The van der Waals surface area contributed by atoms with Crippen molar-refractivity contribution >= 4 is 17.7 Å². The van der Waals surface area contributed by atoms with Crippen LogP contribution in [-0.4, -0.2) is 86.4 Å². The first-order valence-corrected chi connectivity index (χ1v) is 13.2. The number of ether oxygens (including phenoxy) is 3. The van der Waals surface area contributed by atoms with Crippen molar-refractivity contribution in [2.45, 2.75) is 20.3 Å². The minimum Gasteiger partial charge on any atom is -0.497 e. The predicted octanol–water partition coefficient (Wildman–Crippen LogP) is 4.44. The third kappa shape index (κ3) is 7.58. The highest BCUT2D eigenvalue weighted by Gasteiger charge is 2.16. The largest absolute Gasteiger partial charge is 0.497 e. The number of aryl methyl sites for hydroxylation is 1. The summed E-state index contributed by atoms with van der Waals surface area (Å²) in [5, 5.41) is 6.05. The van der Waals surface area contributed by atoms with Crippen LogP contribution in [0.2, 0.25) is 0 Å². The molecule has 1 fully saturated rings. The number of nitrogens with zero attached hydrogens (tertiary/aromatic N) is 4. The molecule has 208 valence electrons. The monoisotopic (exact) mass is 534 g/mol. The molecule has 0 atom stereocenters. The van der Waals surface area contributed by atoms with Gasteiger partial charge in [-0.1, -0.05) is 18.2 Å². The Kier molecular flexibility index (Phi) is 9.56. The number of anilines is 2. The van der Waals surface area contributed by atoms with Gasteiger partial charge in [-0.15, -0.1) is 0 Å². The van der Waals surface area contributed by atoms with E-state index in [-0.39, 0.29) is 5.88 Å². The second-order valence-electron chi connectivity index (χ2n) is 9.67. The van der Waals surface area contributed by atoms with Crippen molar-refractivity contribution in [2.75, 3.05) is 71.2 Å². The molecule has 39 heavy (non-hydrogen) atoms. The summed E-state index contributed by atoms with van der Waals surface area (Å²) in [6.07, 6.45) is 0.263. The molecule has 2 heterocycles. The Morgan fingerprint density at radius 1 is 1.00 bits per heavy atom. The van der Waals surface area contributed by atoms with Crippen LogP contribution in [0, 0.1) is 13.8 Å². The number of nitrogens with one attached hydrogen (secondary N) is 2. The molecule has 0 aliphatic carbocycles. The maximum Gasteiger partial charge on any atom is 0.418 e. The van der Waals surface area contributed by atoms with Gasteiger partial charge < -0.3 is 29.3 Å². The maximum absolute atomic E-state index is 12.8. The highest BCUT2D eigenvalue weighted by Crippen LogP contribution is 2.30. The molecule has 1 saturated heterocycles. The van der Waals surface area contributed by atoms with Gasteiger partial charge in [-0.25, -0.2) is 9.78 Å². The van der Waals surface area contributed by atoms with Crippen LogP contribution in [0.15, 0.2) is 42.5 Å². The van der Waals surface area contributed by atoms with Crippen LogP contribution in [0.3, 0.4) is 0 Å². The van der Waals surface area contributed by atoms with Gasteiger partial charge in [0.05, 0.1) is 25.6 Å². The lowest BCUT2D eigenvalue weighted by Gasteiger charge is -2.32. The van der Waals surface area contributed by atoms with Crippen LogP contribution < -0.4 is 24.8 Å². The Balaban J connectivity index is 1.49. The summed E-state index contributed by atoms with van der Waals surface area (Å²) in [7, 11) is 5.25. The van der Waals surface area contributed by atoms with E-state index >= 15 is 0 Å². The molecule has 10 heteroatoms. The minimum absolute atomic E-state index is 0.146. The highest BCUT2D eigenvalue weighted by molar-refractivity contribution is 5.88. The quantitative estimate of drug-likeness (QED) is 0.366. The van der Waals surface area contributed by atoms with E-state index in [0.29, 0.717) is 35.4 Å². The van der Waals surface area contributed by atoms with Crippen molar-refractivity contribution in [3.8, 4) is 28.6 Å². The van der Waals surface area contributed by atoms with Crippen LogP contribution in [0.25, 0.3) is 11.3 Å². The maximum atomic E-state index is 12.8. The molecule has 2 aromatic carbocycles. The molecular weight excluding hydrogens is 496 g/mol. The molecule has 1 aliphatic rings. The molecule has 1 aromatic heterocycles. The summed E-state index contributed by atoms with van der Waals surface area (Å²) in [5.41, 5.74) is 4.35. The molecular formula is C29H38N6O4. The number of likely N-dealkylation sites (N-methyl/N-ethyl adjacent to an activating group) is 1. The van der Waals surface area contributed by atoms with Gasteiger partial charge in [0.1, 0.15) is 11.5 Å². The van der Waals surface area contributed by atoms with Gasteiger partial charge in [0.2, 0.25) is 11.8 Å². The van der Waals surface area contributed by atoms with E-state index in [4.69, 9.17) is 19.2 Å². The summed E-state index contributed by atoms with van der Waals surface area (Å²) in [5.74, 6) is 1.62. The number of hydrogen-bond acceptors (Lipinski definition) is 9. The molecule has 10 nitrogen and oxygen atoms in total. The van der Waals surface area contributed by atoms with E-state index in [1.165, 1.54) is 7.11 Å². The first-order valence-electron chi connectivity index (χ1n) is 13.2. The number of benzene rings is 2. The zero-order valence-electron chi connectivity index (χ0n) is 23.4. The van der Waals surface area contributed by atoms with E-state index in [2.05, 4.69) is 52.4 Å². The molecule has 4 rings (SSSR count). The molecule has 0 saturated carbocycles.